The smallest absolute Gasteiger partial charge is 0.125 e. The van der Waals surface area contributed by atoms with Crippen molar-refractivity contribution in [3.8, 4) is 0 Å². The van der Waals surface area contributed by atoms with Gasteiger partial charge in [-0.25, -0.2) is 9.37 Å². The van der Waals surface area contributed by atoms with E-state index in [4.69, 9.17) is 10.7 Å². The average molecular weight is 275 g/mol. The van der Waals surface area contributed by atoms with Crippen molar-refractivity contribution in [1.29, 1.82) is 0 Å². The summed E-state index contributed by atoms with van der Waals surface area (Å²) in [6.07, 6.45) is 5.82. The number of aryl methyl sites for hydroxylation is 1. The van der Waals surface area contributed by atoms with E-state index in [0.717, 1.165) is 36.2 Å². The second kappa shape index (κ2) is 5.52. The van der Waals surface area contributed by atoms with Crippen molar-refractivity contribution < 1.29 is 4.39 Å². The van der Waals surface area contributed by atoms with E-state index < -0.39 is 0 Å². The number of nitrogens with zero attached hydrogens (tertiary/aromatic N) is 2. The van der Waals surface area contributed by atoms with Crippen molar-refractivity contribution in [3.63, 3.8) is 0 Å². The molecule has 0 radical (unpaired) electrons. The zero-order valence-corrected chi connectivity index (χ0v) is 12.0. The van der Waals surface area contributed by atoms with E-state index in [-0.39, 0.29) is 11.9 Å². The van der Waals surface area contributed by atoms with Crippen LogP contribution in [0.15, 0.2) is 18.2 Å². The van der Waals surface area contributed by atoms with Crippen LogP contribution in [0, 0.1) is 5.82 Å². The van der Waals surface area contributed by atoms with Gasteiger partial charge in [-0.2, -0.15) is 0 Å². The lowest BCUT2D eigenvalue weighted by atomic mass is 9.94. The Balaban J connectivity index is 2.09. The molecule has 1 aromatic carbocycles. The number of aromatic nitrogens is 2. The summed E-state index contributed by atoms with van der Waals surface area (Å²) in [4.78, 5) is 4.70. The molecule has 1 heterocycles. The van der Waals surface area contributed by atoms with E-state index >= 15 is 0 Å². The highest BCUT2D eigenvalue weighted by Gasteiger charge is 2.27. The molecule has 4 heteroatoms. The number of hydrogen-bond acceptors (Lipinski definition) is 2. The van der Waals surface area contributed by atoms with Gasteiger partial charge in [-0.1, -0.05) is 19.3 Å². The molecule has 3 nitrogen and oxygen atoms in total. The van der Waals surface area contributed by atoms with Crippen molar-refractivity contribution >= 4 is 11.0 Å². The molecule has 0 spiro atoms. The Labute approximate surface area is 119 Å². The lowest BCUT2D eigenvalue weighted by Crippen LogP contribution is -2.29. The average Bonchev–Trinajstić information content (AvgIpc) is 2.65. The maximum atomic E-state index is 13.4. The molecule has 1 aliphatic carbocycles. The van der Waals surface area contributed by atoms with Crippen LogP contribution in [0.5, 0.6) is 0 Å². The van der Waals surface area contributed by atoms with Gasteiger partial charge in [0.15, 0.2) is 0 Å². The fourth-order valence-corrected chi connectivity index (χ4v) is 3.39. The zero-order valence-electron chi connectivity index (χ0n) is 12.0. The maximum Gasteiger partial charge on any atom is 0.125 e. The number of nitrogens with two attached hydrogens (primary N) is 1. The van der Waals surface area contributed by atoms with Gasteiger partial charge in [0.1, 0.15) is 11.6 Å². The highest BCUT2D eigenvalue weighted by atomic mass is 19.1. The molecule has 1 aromatic heterocycles. The van der Waals surface area contributed by atoms with Gasteiger partial charge in [-0.3, -0.25) is 0 Å². The van der Waals surface area contributed by atoms with Gasteiger partial charge in [-0.15, -0.1) is 0 Å². The molecule has 2 aromatic rings. The molecule has 0 saturated heterocycles. The summed E-state index contributed by atoms with van der Waals surface area (Å²) in [5.74, 6) is 1.12. The van der Waals surface area contributed by atoms with Crippen molar-refractivity contribution in [3.05, 3.63) is 29.8 Å². The Kier molecular flexibility index (Phi) is 3.74. The quantitative estimate of drug-likeness (QED) is 0.851. The topological polar surface area (TPSA) is 43.8 Å². The fourth-order valence-electron chi connectivity index (χ4n) is 3.39. The summed E-state index contributed by atoms with van der Waals surface area (Å²) in [5, 5.41) is 0. The van der Waals surface area contributed by atoms with Crippen molar-refractivity contribution in [2.24, 2.45) is 5.73 Å². The van der Waals surface area contributed by atoms with Crippen LogP contribution in [0.2, 0.25) is 0 Å². The molecule has 0 amide bonds. The van der Waals surface area contributed by atoms with Crippen LogP contribution in [0.3, 0.4) is 0 Å². The minimum Gasteiger partial charge on any atom is -0.328 e. The van der Waals surface area contributed by atoms with Crippen LogP contribution in [0.1, 0.15) is 50.8 Å². The summed E-state index contributed by atoms with van der Waals surface area (Å²) < 4.78 is 15.6. The number of rotatable bonds is 2. The Bertz CT molecular complexity index is 605. The van der Waals surface area contributed by atoms with E-state index in [2.05, 4.69) is 11.5 Å². The molecule has 1 aliphatic rings. The predicted molar refractivity (Wildman–Crippen MR) is 79.2 cm³/mol. The third kappa shape index (κ3) is 2.33. The van der Waals surface area contributed by atoms with E-state index in [0.29, 0.717) is 5.92 Å². The van der Waals surface area contributed by atoms with Crippen LogP contribution in [0.25, 0.3) is 11.0 Å². The SMILES string of the molecule is CCn1c(C2CCCCCC2N)nc2cc(F)ccc21. The third-order valence-corrected chi connectivity index (χ3v) is 4.46. The van der Waals surface area contributed by atoms with E-state index in [9.17, 15) is 4.39 Å². The van der Waals surface area contributed by atoms with Gasteiger partial charge in [0, 0.05) is 24.6 Å². The highest BCUT2D eigenvalue weighted by molar-refractivity contribution is 5.76. The lowest BCUT2D eigenvalue weighted by molar-refractivity contribution is 0.467. The second-order valence-electron chi connectivity index (χ2n) is 5.76. The molecule has 1 saturated carbocycles. The summed E-state index contributed by atoms with van der Waals surface area (Å²) in [5.41, 5.74) is 8.12. The number of hydrogen-bond donors (Lipinski definition) is 1. The number of fused-ring (bicyclic) bond motifs is 1. The van der Waals surface area contributed by atoms with Crippen LogP contribution in [-0.2, 0) is 6.54 Å². The molecule has 2 N–H and O–H groups in total. The number of halogens is 1. The molecular formula is C16H22FN3. The van der Waals surface area contributed by atoms with Crippen LogP contribution in [0.4, 0.5) is 4.39 Å². The van der Waals surface area contributed by atoms with Crippen molar-refractivity contribution in [2.75, 3.05) is 0 Å². The Hall–Kier alpha value is -1.42. The monoisotopic (exact) mass is 275 g/mol. The minimum atomic E-state index is -0.227. The summed E-state index contributed by atoms with van der Waals surface area (Å²) in [7, 11) is 0. The number of benzene rings is 1. The Morgan fingerprint density at radius 1 is 1.30 bits per heavy atom. The molecular weight excluding hydrogens is 253 g/mol. The standard InChI is InChI=1S/C16H22FN3/c1-2-20-15-9-8-11(17)10-14(15)19-16(20)12-6-4-3-5-7-13(12)18/h8-10,12-13H,2-7,18H2,1H3. The molecule has 0 bridgehead atoms. The molecule has 2 atom stereocenters. The Morgan fingerprint density at radius 2 is 2.10 bits per heavy atom. The van der Waals surface area contributed by atoms with Crippen molar-refractivity contribution in [2.45, 2.75) is 57.5 Å². The maximum absolute atomic E-state index is 13.4. The van der Waals surface area contributed by atoms with Gasteiger partial charge >= 0.3 is 0 Å². The van der Waals surface area contributed by atoms with Gasteiger partial charge in [0.25, 0.3) is 0 Å². The van der Waals surface area contributed by atoms with Crippen molar-refractivity contribution in [1.82, 2.24) is 9.55 Å². The molecule has 108 valence electrons. The predicted octanol–water partition coefficient (Wildman–Crippen LogP) is 3.57. The third-order valence-electron chi connectivity index (χ3n) is 4.46. The molecule has 20 heavy (non-hydrogen) atoms. The first kappa shape index (κ1) is 13.6. The summed E-state index contributed by atoms with van der Waals surface area (Å²) in [6.45, 7) is 2.96. The first-order valence-corrected chi connectivity index (χ1v) is 7.62. The largest absolute Gasteiger partial charge is 0.328 e. The van der Waals surface area contributed by atoms with Gasteiger partial charge in [0.2, 0.25) is 0 Å². The Morgan fingerprint density at radius 3 is 2.90 bits per heavy atom. The summed E-state index contributed by atoms with van der Waals surface area (Å²) in [6, 6.07) is 5.03. The van der Waals surface area contributed by atoms with Crippen LogP contribution >= 0.6 is 0 Å². The lowest BCUT2D eigenvalue weighted by Gasteiger charge is -2.21. The zero-order chi connectivity index (χ0) is 14.1. The van der Waals surface area contributed by atoms with E-state index in [1.807, 2.05) is 6.07 Å². The minimum absolute atomic E-state index is 0.171. The summed E-state index contributed by atoms with van der Waals surface area (Å²) >= 11 is 0. The first-order valence-electron chi connectivity index (χ1n) is 7.62. The van der Waals surface area contributed by atoms with E-state index in [1.54, 1.807) is 0 Å². The van der Waals surface area contributed by atoms with Gasteiger partial charge < -0.3 is 10.3 Å². The normalized spacial score (nSPS) is 23.9. The second-order valence-corrected chi connectivity index (χ2v) is 5.76. The number of imidazole rings is 1. The van der Waals surface area contributed by atoms with Crippen LogP contribution < -0.4 is 5.73 Å². The molecule has 0 aliphatic heterocycles. The highest BCUT2D eigenvalue weighted by Crippen LogP contribution is 2.32. The van der Waals surface area contributed by atoms with Gasteiger partial charge in [-0.05, 0) is 31.9 Å². The van der Waals surface area contributed by atoms with Gasteiger partial charge in [0.05, 0.1) is 11.0 Å². The fraction of sp³-hybridized carbons (Fsp3) is 0.562. The molecule has 2 unspecified atom stereocenters. The molecule has 3 rings (SSSR count). The van der Waals surface area contributed by atoms with E-state index in [1.165, 1.54) is 31.4 Å². The first-order chi connectivity index (χ1) is 9.70. The van der Waals surface area contributed by atoms with Crippen LogP contribution in [-0.4, -0.2) is 15.6 Å². The molecule has 1 fully saturated rings.